The second kappa shape index (κ2) is 4.77. The standard InChI is InChI=1S/C8H7Br3O2/c9-7(8(10,11)12)13-6-4-2-1-3-5-6/h1-5,7,12H. The van der Waals surface area contributed by atoms with Crippen LogP contribution in [0, 0.1) is 0 Å². The molecule has 1 atom stereocenters. The third-order valence-electron chi connectivity index (χ3n) is 1.26. The van der Waals surface area contributed by atoms with Crippen LogP contribution in [0.1, 0.15) is 0 Å². The largest absolute Gasteiger partial charge is 0.474 e. The molecule has 2 nitrogen and oxygen atoms in total. The minimum absolute atomic E-state index is 0.567. The van der Waals surface area contributed by atoms with E-state index in [2.05, 4.69) is 47.8 Å². The number of hydrogen-bond acceptors (Lipinski definition) is 2. The van der Waals surface area contributed by atoms with E-state index < -0.39 is 8.43 Å². The fourth-order valence-corrected chi connectivity index (χ4v) is 1.09. The summed E-state index contributed by atoms with van der Waals surface area (Å²) in [6.07, 6.45) is 0. The molecule has 0 heterocycles. The minimum Gasteiger partial charge on any atom is -0.474 e. The first-order chi connectivity index (χ1) is 6.00. The van der Waals surface area contributed by atoms with Gasteiger partial charge < -0.3 is 9.84 Å². The van der Waals surface area contributed by atoms with Gasteiger partial charge in [-0.05, 0) is 59.9 Å². The van der Waals surface area contributed by atoms with Crippen LogP contribution >= 0.6 is 47.8 Å². The van der Waals surface area contributed by atoms with Crippen molar-refractivity contribution in [3.63, 3.8) is 0 Å². The normalized spacial score (nSPS) is 13.8. The Morgan fingerprint density at radius 2 is 1.77 bits per heavy atom. The molecule has 0 bridgehead atoms. The maximum atomic E-state index is 9.41. The Morgan fingerprint density at radius 1 is 1.23 bits per heavy atom. The lowest BCUT2D eigenvalue weighted by molar-refractivity contribution is 0.142. The molecule has 1 aromatic carbocycles. The van der Waals surface area contributed by atoms with Crippen LogP contribution in [0.4, 0.5) is 0 Å². The third-order valence-corrected chi connectivity index (χ3v) is 4.17. The Morgan fingerprint density at radius 3 is 2.23 bits per heavy atom. The second-order valence-electron chi connectivity index (χ2n) is 2.33. The highest BCUT2D eigenvalue weighted by molar-refractivity contribution is 9.26. The van der Waals surface area contributed by atoms with Gasteiger partial charge in [-0.3, -0.25) is 0 Å². The number of rotatable bonds is 3. The van der Waals surface area contributed by atoms with Crippen molar-refractivity contribution >= 4 is 47.8 Å². The number of aliphatic hydroxyl groups is 1. The van der Waals surface area contributed by atoms with E-state index in [4.69, 9.17) is 4.74 Å². The molecule has 0 aromatic heterocycles. The molecule has 1 N–H and O–H groups in total. The number of ether oxygens (including phenoxy) is 1. The lowest BCUT2D eigenvalue weighted by Crippen LogP contribution is -2.29. The van der Waals surface area contributed by atoms with Crippen molar-refractivity contribution in [1.82, 2.24) is 0 Å². The van der Waals surface area contributed by atoms with Crippen molar-refractivity contribution in [3.05, 3.63) is 30.3 Å². The van der Waals surface area contributed by atoms with Gasteiger partial charge in [-0.2, -0.15) is 0 Å². The predicted molar refractivity (Wildman–Crippen MR) is 62.6 cm³/mol. The molecule has 0 radical (unpaired) electrons. The quantitative estimate of drug-likeness (QED) is 0.823. The maximum Gasteiger partial charge on any atom is 0.222 e. The van der Waals surface area contributed by atoms with Crippen LogP contribution in [0.25, 0.3) is 0 Å². The van der Waals surface area contributed by atoms with Gasteiger partial charge in [-0.1, -0.05) is 18.2 Å². The molecule has 5 heteroatoms. The van der Waals surface area contributed by atoms with Gasteiger partial charge in [-0.15, -0.1) is 0 Å². The lowest BCUT2D eigenvalue weighted by atomic mass is 10.3. The van der Waals surface area contributed by atoms with Gasteiger partial charge in [0.25, 0.3) is 0 Å². The van der Waals surface area contributed by atoms with Gasteiger partial charge in [0.15, 0.2) is 0 Å². The summed E-state index contributed by atoms with van der Waals surface area (Å²) >= 11 is 9.17. The molecule has 72 valence electrons. The average Bonchev–Trinajstić information content (AvgIpc) is 2.04. The highest BCUT2D eigenvalue weighted by Crippen LogP contribution is 2.33. The fraction of sp³-hybridized carbons (Fsp3) is 0.250. The summed E-state index contributed by atoms with van der Waals surface area (Å²) in [7, 11) is 0. The van der Waals surface area contributed by atoms with Crippen molar-refractivity contribution < 1.29 is 9.84 Å². The van der Waals surface area contributed by atoms with Crippen molar-refractivity contribution in [1.29, 1.82) is 0 Å². The van der Waals surface area contributed by atoms with Gasteiger partial charge in [0.2, 0.25) is 8.43 Å². The van der Waals surface area contributed by atoms with Crippen LogP contribution < -0.4 is 4.74 Å². The molecule has 0 amide bonds. The van der Waals surface area contributed by atoms with Gasteiger partial charge in [-0.25, -0.2) is 0 Å². The van der Waals surface area contributed by atoms with E-state index in [0.29, 0.717) is 5.75 Å². The van der Waals surface area contributed by atoms with Gasteiger partial charge in [0, 0.05) is 0 Å². The first-order valence-corrected chi connectivity index (χ1v) is 5.96. The summed E-state index contributed by atoms with van der Waals surface area (Å²) < 4.78 is 4.08. The molecular formula is C8H7Br3O2. The zero-order chi connectivity index (χ0) is 9.90. The molecule has 0 aliphatic heterocycles. The lowest BCUT2D eigenvalue weighted by Gasteiger charge is -2.21. The molecule has 0 fully saturated rings. The maximum absolute atomic E-state index is 9.41. The highest BCUT2D eigenvalue weighted by atomic mass is 79.9. The predicted octanol–water partition coefficient (Wildman–Crippen LogP) is 3.22. The second-order valence-corrected chi connectivity index (χ2v) is 6.65. The summed E-state index contributed by atoms with van der Waals surface area (Å²) in [5, 5.41) is 8.84. The Labute approximate surface area is 102 Å². The molecule has 0 spiro atoms. The topological polar surface area (TPSA) is 29.5 Å². The smallest absolute Gasteiger partial charge is 0.222 e. The highest BCUT2D eigenvalue weighted by Gasteiger charge is 2.30. The number of benzene rings is 1. The van der Waals surface area contributed by atoms with Gasteiger partial charge in [0.05, 0.1) is 0 Å². The SMILES string of the molecule is OC(Br)(Br)C(Br)Oc1ccccc1. The summed E-state index contributed by atoms with van der Waals surface area (Å²) in [5.74, 6) is 0.682. The van der Waals surface area contributed by atoms with Crippen LogP contribution in [-0.2, 0) is 0 Å². The molecule has 0 aliphatic rings. The summed E-state index contributed by atoms with van der Waals surface area (Å²) in [6.45, 7) is 0. The Balaban J connectivity index is 2.61. The van der Waals surface area contributed by atoms with Crippen LogP contribution in [0.2, 0.25) is 0 Å². The van der Waals surface area contributed by atoms with Crippen LogP contribution in [0.5, 0.6) is 5.75 Å². The van der Waals surface area contributed by atoms with Gasteiger partial charge >= 0.3 is 0 Å². The summed E-state index contributed by atoms with van der Waals surface area (Å²) in [4.78, 5) is 0. The summed E-state index contributed by atoms with van der Waals surface area (Å²) in [6, 6.07) is 9.22. The first-order valence-electron chi connectivity index (χ1n) is 3.46. The zero-order valence-corrected chi connectivity index (χ0v) is 11.2. The monoisotopic (exact) mass is 372 g/mol. The van der Waals surface area contributed by atoms with Crippen molar-refractivity contribution in [3.8, 4) is 5.75 Å². The number of halogens is 3. The molecule has 1 rings (SSSR count). The molecule has 0 saturated carbocycles. The van der Waals surface area contributed by atoms with E-state index >= 15 is 0 Å². The molecule has 13 heavy (non-hydrogen) atoms. The Kier molecular flexibility index (Phi) is 4.22. The van der Waals surface area contributed by atoms with Crippen molar-refractivity contribution in [2.75, 3.05) is 0 Å². The first kappa shape index (κ1) is 11.5. The summed E-state index contributed by atoms with van der Waals surface area (Å²) in [5.41, 5.74) is 0. The molecule has 0 aliphatic carbocycles. The average molecular weight is 375 g/mol. The number of para-hydroxylation sites is 1. The van der Waals surface area contributed by atoms with Crippen LogP contribution in [-0.4, -0.2) is 13.5 Å². The van der Waals surface area contributed by atoms with Gasteiger partial charge in [0.1, 0.15) is 5.75 Å². The van der Waals surface area contributed by atoms with E-state index in [1.54, 1.807) is 12.1 Å². The van der Waals surface area contributed by atoms with E-state index in [1.807, 2.05) is 18.2 Å². The minimum atomic E-state index is -1.27. The molecule has 0 saturated heterocycles. The molecule has 1 unspecified atom stereocenters. The van der Waals surface area contributed by atoms with E-state index in [0.717, 1.165) is 0 Å². The number of alkyl halides is 3. The van der Waals surface area contributed by atoms with E-state index in [1.165, 1.54) is 0 Å². The van der Waals surface area contributed by atoms with Crippen molar-refractivity contribution in [2.45, 2.75) is 8.43 Å². The molecule has 1 aromatic rings. The van der Waals surface area contributed by atoms with Crippen molar-refractivity contribution in [2.24, 2.45) is 0 Å². The fourth-order valence-electron chi connectivity index (χ4n) is 0.689. The van der Waals surface area contributed by atoms with Crippen LogP contribution in [0.3, 0.4) is 0 Å². The zero-order valence-electron chi connectivity index (χ0n) is 6.45. The van der Waals surface area contributed by atoms with Crippen LogP contribution in [0.15, 0.2) is 30.3 Å². The van der Waals surface area contributed by atoms with E-state index in [-0.39, 0.29) is 0 Å². The molecular weight excluding hydrogens is 368 g/mol. The third kappa shape index (κ3) is 3.97. The van der Waals surface area contributed by atoms with E-state index in [9.17, 15) is 5.11 Å². The number of hydrogen-bond donors (Lipinski definition) is 1. The Hall–Kier alpha value is 0.420. The Bertz CT molecular complexity index is 258.